The summed E-state index contributed by atoms with van der Waals surface area (Å²) in [4.78, 5) is 26.7. The molecule has 5 nitrogen and oxygen atoms in total. The van der Waals surface area contributed by atoms with Gasteiger partial charge >= 0.3 is 6.03 Å². The Balaban J connectivity index is 1.79. The Morgan fingerprint density at radius 2 is 1.88 bits per heavy atom. The predicted molar refractivity (Wildman–Crippen MR) is 96.3 cm³/mol. The fourth-order valence-corrected chi connectivity index (χ4v) is 3.52. The second kappa shape index (κ2) is 6.45. The van der Waals surface area contributed by atoms with Crippen LogP contribution in [0, 0.1) is 0 Å². The highest BCUT2D eigenvalue weighted by Gasteiger charge is 2.49. The summed E-state index contributed by atoms with van der Waals surface area (Å²) in [5, 5.41) is 2.88. The SMILES string of the molecule is CC(C)(C)c1ccc(C2(C)NC(=O)N(CC3CCCCO3)C2=O)cc1. The van der Waals surface area contributed by atoms with E-state index in [0.717, 1.165) is 24.8 Å². The molecule has 1 aromatic carbocycles. The zero-order chi connectivity index (χ0) is 18.2. The smallest absolute Gasteiger partial charge is 0.325 e. The van der Waals surface area contributed by atoms with E-state index in [2.05, 4.69) is 26.1 Å². The van der Waals surface area contributed by atoms with Crippen molar-refractivity contribution in [3.8, 4) is 0 Å². The molecule has 2 fully saturated rings. The zero-order valence-corrected chi connectivity index (χ0v) is 15.6. The molecule has 1 aromatic rings. The van der Waals surface area contributed by atoms with Crippen molar-refractivity contribution in [2.75, 3.05) is 13.2 Å². The monoisotopic (exact) mass is 344 g/mol. The Hall–Kier alpha value is -1.88. The predicted octanol–water partition coefficient (Wildman–Crippen LogP) is 3.32. The standard InChI is InChI=1S/C20H28N2O3/c1-19(2,3)14-8-10-15(11-9-14)20(4)17(23)22(18(24)21-20)13-16-7-5-6-12-25-16/h8-11,16H,5-7,12-13H2,1-4H3,(H,21,24). The fourth-order valence-electron chi connectivity index (χ4n) is 3.52. The van der Waals surface area contributed by atoms with E-state index in [1.807, 2.05) is 24.3 Å². The molecular formula is C20H28N2O3. The van der Waals surface area contributed by atoms with E-state index in [-0.39, 0.29) is 23.5 Å². The molecule has 0 spiro atoms. The number of hydrogen-bond donors (Lipinski definition) is 1. The lowest BCUT2D eigenvalue weighted by Crippen LogP contribution is -2.42. The molecule has 2 atom stereocenters. The molecule has 2 heterocycles. The van der Waals surface area contributed by atoms with Crippen molar-refractivity contribution in [2.24, 2.45) is 0 Å². The summed E-state index contributed by atoms with van der Waals surface area (Å²) in [6.45, 7) is 9.27. The summed E-state index contributed by atoms with van der Waals surface area (Å²) in [7, 11) is 0. The first-order chi connectivity index (χ1) is 11.7. The van der Waals surface area contributed by atoms with E-state index in [0.29, 0.717) is 13.2 Å². The Bertz CT molecular complexity index is 657. The normalized spacial score (nSPS) is 27.5. The largest absolute Gasteiger partial charge is 0.376 e. The van der Waals surface area contributed by atoms with Crippen LogP contribution in [-0.2, 0) is 20.5 Å². The number of nitrogens with one attached hydrogen (secondary N) is 1. The highest BCUT2D eigenvalue weighted by atomic mass is 16.5. The third kappa shape index (κ3) is 3.43. The number of imide groups is 1. The molecule has 2 aliphatic heterocycles. The molecule has 2 aliphatic rings. The van der Waals surface area contributed by atoms with Gasteiger partial charge in [0.05, 0.1) is 12.6 Å². The molecule has 0 aliphatic carbocycles. The summed E-state index contributed by atoms with van der Waals surface area (Å²) in [6, 6.07) is 7.63. The lowest BCUT2D eigenvalue weighted by molar-refractivity contribution is -0.132. The number of hydrogen-bond acceptors (Lipinski definition) is 3. The maximum atomic E-state index is 13.0. The maximum absolute atomic E-state index is 13.0. The number of carbonyl (C=O) groups is 2. The summed E-state index contributed by atoms with van der Waals surface area (Å²) in [5.74, 6) is -0.199. The molecule has 5 heteroatoms. The van der Waals surface area contributed by atoms with Gasteiger partial charge in [0.15, 0.2) is 0 Å². The molecular weight excluding hydrogens is 316 g/mol. The molecule has 2 saturated heterocycles. The van der Waals surface area contributed by atoms with Gasteiger partial charge in [-0.2, -0.15) is 0 Å². The minimum absolute atomic E-state index is 0.0472. The third-order valence-electron chi connectivity index (χ3n) is 5.26. The quantitative estimate of drug-likeness (QED) is 0.856. The highest BCUT2D eigenvalue weighted by Crippen LogP contribution is 2.31. The molecule has 3 rings (SSSR count). The number of carbonyl (C=O) groups excluding carboxylic acids is 2. The molecule has 25 heavy (non-hydrogen) atoms. The lowest BCUT2D eigenvalue weighted by Gasteiger charge is -2.27. The van der Waals surface area contributed by atoms with Crippen LogP contribution >= 0.6 is 0 Å². The van der Waals surface area contributed by atoms with Gasteiger partial charge in [-0.3, -0.25) is 9.69 Å². The zero-order valence-electron chi connectivity index (χ0n) is 15.6. The summed E-state index contributed by atoms with van der Waals surface area (Å²) < 4.78 is 5.69. The van der Waals surface area contributed by atoms with Gasteiger partial charge in [0, 0.05) is 6.61 Å². The van der Waals surface area contributed by atoms with Gasteiger partial charge in [0.25, 0.3) is 5.91 Å². The molecule has 3 amide bonds. The lowest BCUT2D eigenvalue weighted by atomic mass is 9.84. The number of benzene rings is 1. The van der Waals surface area contributed by atoms with Crippen LogP contribution in [0.3, 0.4) is 0 Å². The summed E-state index contributed by atoms with van der Waals surface area (Å²) in [6.07, 6.45) is 2.98. The Labute approximate surface area is 149 Å². The van der Waals surface area contributed by atoms with E-state index >= 15 is 0 Å². The summed E-state index contributed by atoms with van der Waals surface area (Å²) >= 11 is 0. The first kappa shape index (κ1) is 17.9. The van der Waals surface area contributed by atoms with E-state index in [1.165, 1.54) is 10.5 Å². The first-order valence-electron chi connectivity index (χ1n) is 9.08. The number of amides is 3. The Kier molecular flexibility index (Phi) is 4.62. The van der Waals surface area contributed by atoms with Crippen LogP contribution < -0.4 is 5.32 Å². The van der Waals surface area contributed by atoms with Crippen LogP contribution in [0.4, 0.5) is 4.79 Å². The second-order valence-corrected chi connectivity index (χ2v) is 8.29. The maximum Gasteiger partial charge on any atom is 0.325 e. The second-order valence-electron chi connectivity index (χ2n) is 8.29. The van der Waals surface area contributed by atoms with Gasteiger partial charge in [0.1, 0.15) is 5.54 Å². The molecule has 1 N–H and O–H groups in total. The number of urea groups is 1. The molecule has 0 radical (unpaired) electrons. The van der Waals surface area contributed by atoms with Gasteiger partial charge in [-0.05, 0) is 42.7 Å². The van der Waals surface area contributed by atoms with Crippen LogP contribution in [0.25, 0.3) is 0 Å². The summed E-state index contributed by atoms with van der Waals surface area (Å²) in [5.41, 5.74) is 1.05. The van der Waals surface area contributed by atoms with E-state index < -0.39 is 5.54 Å². The molecule has 2 unspecified atom stereocenters. The van der Waals surface area contributed by atoms with Crippen molar-refractivity contribution in [3.05, 3.63) is 35.4 Å². The van der Waals surface area contributed by atoms with Gasteiger partial charge in [-0.25, -0.2) is 4.79 Å². The van der Waals surface area contributed by atoms with Crippen molar-refractivity contribution >= 4 is 11.9 Å². The van der Waals surface area contributed by atoms with Gasteiger partial charge < -0.3 is 10.1 Å². The van der Waals surface area contributed by atoms with E-state index in [9.17, 15) is 9.59 Å². The average molecular weight is 344 g/mol. The van der Waals surface area contributed by atoms with E-state index in [4.69, 9.17) is 4.74 Å². The van der Waals surface area contributed by atoms with Crippen molar-refractivity contribution < 1.29 is 14.3 Å². The van der Waals surface area contributed by atoms with Crippen molar-refractivity contribution in [2.45, 2.75) is 64.0 Å². The molecule has 136 valence electrons. The first-order valence-corrected chi connectivity index (χ1v) is 9.08. The van der Waals surface area contributed by atoms with Crippen molar-refractivity contribution in [1.29, 1.82) is 0 Å². The van der Waals surface area contributed by atoms with Crippen LogP contribution in [0.15, 0.2) is 24.3 Å². The van der Waals surface area contributed by atoms with Crippen molar-refractivity contribution in [1.82, 2.24) is 10.2 Å². The number of nitrogens with zero attached hydrogens (tertiary/aromatic N) is 1. The Morgan fingerprint density at radius 3 is 2.44 bits per heavy atom. The number of rotatable bonds is 3. The average Bonchev–Trinajstić information content (AvgIpc) is 2.79. The molecule has 0 aromatic heterocycles. The fraction of sp³-hybridized carbons (Fsp3) is 0.600. The van der Waals surface area contributed by atoms with Crippen LogP contribution in [0.5, 0.6) is 0 Å². The van der Waals surface area contributed by atoms with Crippen LogP contribution in [0.1, 0.15) is 58.1 Å². The highest BCUT2D eigenvalue weighted by molar-refractivity contribution is 6.07. The minimum atomic E-state index is -1.01. The van der Waals surface area contributed by atoms with Gasteiger partial charge in [0.2, 0.25) is 0 Å². The number of ether oxygens (including phenoxy) is 1. The van der Waals surface area contributed by atoms with Gasteiger partial charge in [-0.15, -0.1) is 0 Å². The van der Waals surface area contributed by atoms with Crippen LogP contribution in [0.2, 0.25) is 0 Å². The van der Waals surface area contributed by atoms with Gasteiger partial charge in [-0.1, -0.05) is 45.0 Å². The Morgan fingerprint density at radius 1 is 1.20 bits per heavy atom. The topological polar surface area (TPSA) is 58.6 Å². The minimum Gasteiger partial charge on any atom is -0.376 e. The van der Waals surface area contributed by atoms with Crippen LogP contribution in [-0.4, -0.2) is 36.1 Å². The van der Waals surface area contributed by atoms with Crippen molar-refractivity contribution in [3.63, 3.8) is 0 Å². The molecule has 0 saturated carbocycles. The van der Waals surface area contributed by atoms with E-state index in [1.54, 1.807) is 6.92 Å². The molecule has 0 bridgehead atoms. The third-order valence-corrected chi connectivity index (χ3v) is 5.26.